The number of benzene rings is 2. The van der Waals surface area contributed by atoms with Crippen LogP contribution in [0.4, 0.5) is 11.4 Å². The minimum Gasteiger partial charge on any atom is -0.495 e. The summed E-state index contributed by atoms with van der Waals surface area (Å²) in [7, 11) is 6.16. The Morgan fingerprint density at radius 1 is 0.576 bits per heavy atom. The van der Waals surface area contributed by atoms with E-state index < -0.39 is 23.9 Å². The van der Waals surface area contributed by atoms with Gasteiger partial charge in [0.15, 0.2) is 5.78 Å². The molecule has 0 fully saturated rings. The summed E-state index contributed by atoms with van der Waals surface area (Å²) in [6.07, 6.45) is 18.9. The second-order valence-corrected chi connectivity index (χ2v) is 15.7. The molecule has 0 saturated carbocycles. The SMILES string of the molecule is COc1cncc(NC(c2cnc(OC)cn2)C(C(=O)C(c2c[nH]c3ccc(CCCO)cc23)C(Nc2cncc(OC)c2)c2cnc(OC)cn2)c2c[nH]c3ccc(CCCO)cc23)c1. The van der Waals surface area contributed by atoms with Crippen molar-refractivity contribution < 1.29 is 34.0 Å². The van der Waals surface area contributed by atoms with Gasteiger partial charge in [-0.3, -0.25) is 24.7 Å². The summed E-state index contributed by atoms with van der Waals surface area (Å²) in [5.74, 6) is -0.662. The van der Waals surface area contributed by atoms with Crippen LogP contribution in [0.15, 0.2) is 110 Å². The second-order valence-electron chi connectivity index (χ2n) is 15.7. The Bertz CT molecular complexity index is 2680. The van der Waals surface area contributed by atoms with Crippen molar-refractivity contribution in [1.29, 1.82) is 0 Å². The molecular formula is C49H52N10O7. The third-order valence-corrected chi connectivity index (χ3v) is 11.6. The van der Waals surface area contributed by atoms with E-state index in [2.05, 4.69) is 52.7 Å². The minimum absolute atomic E-state index is 0.0370. The molecule has 66 heavy (non-hydrogen) atoms. The summed E-state index contributed by atoms with van der Waals surface area (Å²) in [5, 5.41) is 28.5. The molecule has 6 N–H and O–H groups in total. The summed E-state index contributed by atoms with van der Waals surface area (Å²) in [4.78, 5) is 51.6. The molecule has 17 nitrogen and oxygen atoms in total. The Labute approximate surface area is 381 Å². The topological polar surface area (TPSA) is 227 Å². The van der Waals surface area contributed by atoms with Crippen LogP contribution in [0.1, 0.15) is 70.4 Å². The van der Waals surface area contributed by atoms with Crippen LogP contribution in [0.3, 0.4) is 0 Å². The molecule has 6 heterocycles. The van der Waals surface area contributed by atoms with Gasteiger partial charge in [-0.25, -0.2) is 9.97 Å². The lowest BCUT2D eigenvalue weighted by Crippen LogP contribution is -2.35. The molecule has 4 atom stereocenters. The van der Waals surface area contributed by atoms with Crippen LogP contribution in [0.5, 0.6) is 23.3 Å². The maximum Gasteiger partial charge on any atom is 0.231 e. The average Bonchev–Trinajstić information content (AvgIpc) is 3.98. The van der Waals surface area contributed by atoms with E-state index in [1.54, 1.807) is 63.5 Å². The van der Waals surface area contributed by atoms with Crippen LogP contribution in [0.25, 0.3) is 21.8 Å². The molecule has 8 rings (SSSR count). The quantitative estimate of drug-likeness (QED) is 0.0401. The molecule has 17 heteroatoms. The maximum atomic E-state index is 16.9. The number of aromatic nitrogens is 8. The van der Waals surface area contributed by atoms with Crippen molar-refractivity contribution in [2.24, 2.45) is 0 Å². The van der Waals surface area contributed by atoms with Crippen molar-refractivity contribution in [3.8, 4) is 23.3 Å². The fourth-order valence-corrected chi connectivity index (χ4v) is 8.38. The predicted molar refractivity (Wildman–Crippen MR) is 249 cm³/mol. The first-order chi connectivity index (χ1) is 32.3. The van der Waals surface area contributed by atoms with E-state index in [4.69, 9.17) is 28.9 Å². The summed E-state index contributed by atoms with van der Waals surface area (Å²) >= 11 is 0. The average molecular weight is 893 g/mol. The number of carbonyl (C=O) groups excluding carboxylic acids is 1. The Kier molecular flexibility index (Phi) is 14.2. The van der Waals surface area contributed by atoms with Crippen LogP contribution in [-0.4, -0.2) is 97.5 Å². The van der Waals surface area contributed by atoms with Crippen LogP contribution in [0.2, 0.25) is 0 Å². The molecule has 0 aliphatic carbocycles. The van der Waals surface area contributed by atoms with Gasteiger partial charge in [-0.15, -0.1) is 0 Å². The van der Waals surface area contributed by atoms with Crippen molar-refractivity contribution in [2.45, 2.75) is 49.6 Å². The Morgan fingerprint density at radius 3 is 1.41 bits per heavy atom. The number of nitrogens with zero attached hydrogens (tertiary/aromatic N) is 6. The van der Waals surface area contributed by atoms with E-state index in [1.165, 1.54) is 26.6 Å². The number of pyridine rings is 2. The number of hydrogen-bond donors (Lipinski definition) is 6. The number of Topliss-reactive ketones (excluding diaryl/α,β-unsaturated/α-hetero) is 1. The summed E-state index contributed by atoms with van der Waals surface area (Å²) in [6, 6.07) is 14.0. The van der Waals surface area contributed by atoms with Crippen LogP contribution < -0.4 is 29.6 Å². The number of rotatable bonds is 22. The van der Waals surface area contributed by atoms with E-state index >= 15 is 4.79 Å². The number of hydrogen-bond acceptors (Lipinski definition) is 15. The van der Waals surface area contributed by atoms with E-state index in [0.29, 0.717) is 82.8 Å². The number of aryl methyl sites for hydroxylation is 2. The zero-order chi connectivity index (χ0) is 46.0. The second kappa shape index (κ2) is 20.9. The Balaban J connectivity index is 1.42. The highest BCUT2D eigenvalue weighted by atomic mass is 16.5. The third-order valence-electron chi connectivity index (χ3n) is 11.6. The molecule has 0 aliphatic heterocycles. The van der Waals surface area contributed by atoms with Crippen molar-refractivity contribution in [3.63, 3.8) is 0 Å². The van der Waals surface area contributed by atoms with Gasteiger partial charge in [-0.2, -0.15) is 0 Å². The van der Waals surface area contributed by atoms with Crippen molar-refractivity contribution in [2.75, 3.05) is 52.3 Å². The lowest BCUT2D eigenvalue weighted by molar-refractivity contribution is -0.122. The molecule has 0 saturated heterocycles. The summed E-state index contributed by atoms with van der Waals surface area (Å²) < 4.78 is 22.1. The van der Waals surface area contributed by atoms with Crippen LogP contribution in [0, 0.1) is 0 Å². The number of ether oxygens (including phenoxy) is 4. The molecule has 6 aromatic heterocycles. The van der Waals surface area contributed by atoms with E-state index in [0.717, 1.165) is 32.9 Å². The monoisotopic (exact) mass is 892 g/mol. The third kappa shape index (κ3) is 9.86. The molecule has 4 unspecified atom stereocenters. The number of nitrogens with one attached hydrogen (secondary N) is 4. The number of carbonyl (C=O) groups is 1. The van der Waals surface area contributed by atoms with Gasteiger partial charge in [0, 0.05) is 59.5 Å². The maximum absolute atomic E-state index is 16.9. The standard InChI is InChI=1S/C49H52N10O7/c1-63-33-17-31(19-50-21-33)58-47(41-25-56-43(65-3)27-54-41)45(37-23-52-39-11-9-29(7-5-13-60)15-35(37)39)49(62)46(38-24-53-40-12-10-30(8-6-14-61)16-36(38)40)48(42-26-57-44(66-4)28-55-42)59-32-18-34(64-2)22-51-20-32/h9-12,15-28,45-48,52-53,58-61H,5-8,13-14H2,1-4H3. The highest BCUT2D eigenvalue weighted by Crippen LogP contribution is 2.47. The van der Waals surface area contributed by atoms with Gasteiger partial charge in [-0.1, -0.05) is 12.1 Å². The number of H-pyrrole nitrogens is 2. The van der Waals surface area contributed by atoms with Gasteiger partial charge >= 0.3 is 0 Å². The van der Waals surface area contributed by atoms with E-state index in [-0.39, 0.29) is 19.0 Å². The predicted octanol–water partition coefficient (Wildman–Crippen LogP) is 7.05. The zero-order valence-electron chi connectivity index (χ0n) is 37.1. The number of ketones is 1. The molecule has 340 valence electrons. The molecule has 8 aromatic rings. The van der Waals surface area contributed by atoms with Gasteiger partial charge in [0.2, 0.25) is 11.8 Å². The molecule has 0 radical (unpaired) electrons. The number of aliphatic hydroxyl groups excluding tert-OH is 2. The fourth-order valence-electron chi connectivity index (χ4n) is 8.38. The number of fused-ring (bicyclic) bond motifs is 2. The summed E-state index contributed by atoms with van der Waals surface area (Å²) in [6.45, 7) is 0.0740. The minimum atomic E-state index is -1.02. The van der Waals surface area contributed by atoms with E-state index in [9.17, 15) is 10.2 Å². The van der Waals surface area contributed by atoms with E-state index in [1.807, 2.05) is 36.7 Å². The smallest absolute Gasteiger partial charge is 0.231 e. The lowest BCUT2D eigenvalue weighted by Gasteiger charge is -2.34. The number of anilines is 2. The molecule has 0 spiro atoms. The first-order valence-corrected chi connectivity index (χ1v) is 21.5. The van der Waals surface area contributed by atoms with Gasteiger partial charge < -0.3 is 49.8 Å². The van der Waals surface area contributed by atoms with Crippen molar-refractivity contribution >= 4 is 39.0 Å². The number of methoxy groups -OCH3 is 4. The van der Waals surface area contributed by atoms with Gasteiger partial charge in [0.25, 0.3) is 0 Å². The fraction of sp³-hybridized carbons (Fsp3) is 0.286. The van der Waals surface area contributed by atoms with Crippen molar-refractivity contribution in [1.82, 2.24) is 39.9 Å². The highest BCUT2D eigenvalue weighted by molar-refractivity contribution is 6.01. The Hall–Kier alpha value is -7.63. The Morgan fingerprint density at radius 2 is 1.03 bits per heavy atom. The number of aliphatic hydroxyl groups is 2. The molecule has 2 aromatic carbocycles. The summed E-state index contributed by atoms with van der Waals surface area (Å²) in [5.41, 5.74) is 7.00. The van der Waals surface area contributed by atoms with Crippen molar-refractivity contribution in [3.05, 3.63) is 144 Å². The van der Waals surface area contributed by atoms with Gasteiger partial charge in [0.1, 0.15) is 11.5 Å². The first kappa shape index (κ1) is 45.0. The normalized spacial score (nSPS) is 13.2. The first-order valence-electron chi connectivity index (χ1n) is 21.5. The largest absolute Gasteiger partial charge is 0.495 e. The van der Waals surface area contributed by atoms with Crippen LogP contribution >= 0.6 is 0 Å². The molecule has 0 aliphatic rings. The van der Waals surface area contributed by atoms with Gasteiger partial charge in [0.05, 0.1) is 125 Å². The molecule has 0 bridgehead atoms. The van der Waals surface area contributed by atoms with Crippen LogP contribution in [-0.2, 0) is 17.6 Å². The van der Waals surface area contributed by atoms with Gasteiger partial charge in [-0.05, 0) is 72.2 Å². The number of aromatic amines is 2. The molecule has 0 amide bonds. The molecular weight excluding hydrogens is 841 g/mol. The lowest BCUT2D eigenvalue weighted by atomic mass is 9.74. The zero-order valence-corrected chi connectivity index (χ0v) is 37.1. The highest BCUT2D eigenvalue weighted by Gasteiger charge is 2.43.